The van der Waals surface area contributed by atoms with Gasteiger partial charge in [0.05, 0.1) is 5.56 Å². The second-order valence-corrected chi connectivity index (χ2v) is 5.96. The van der Waals surface area contributed by atoms with Gasteiger partial charge in [0.2, 0.25) is 5.91 Å². The van der Waals surface area contributed by atoms with E-state index in [1.165, 1.54) is 18.3 Å². The minimum atomic E-state index is -1.17. The fraction of sp³-hybridized carbons (Fsp3) is 0.176. The summed E-state index contributed by atoms with van der Waals surface area (Å²) < 4.78 is 0. The van der Waals surface area contributed by atoms with Gasteiger partial charge in [0.1, 0.15) is 11.7 Å². The van der Waals surface area contributed by atoms with Crippen LogP contribution in [0.5, 0.6) is 0 Å². The third kappa shape index (κ3) is 3.61. The standard InChI is InChI=1S/C17H14ClN3O4/c18-11-2-1-3-12(8-11)21-7-6-13(16(21)23)20-15(22)10-4-5-14(17(24)25)19-9-10/h1-5,8-9,13H,6-7H2,(H,20,22)(H,24,25)/t13-/m0/s1. The number of benzene rings is 1. The molecule has 0 unspecified atom stereocenters. The molecule has 1 atom stereocenters. The van der Waals surface area contributed by atoms with Gasteiger partial charge in [0, 0.05) is 23.5 Å². The van der Waals surface area contributed by atoms with Crippen LogP contribution in [0.2, 0.25) is 5.02 Å². The molecule has 0 bridgehead atoms. The van der Waals surface area contributed by atoms with Gasteiger partial charge >= 0.3 is 5.97 Å². The normalized spacial score (nSPS) is 16.8. The topological polar surface area (TPSA) is 99.6 Å². The molecule has 2 amide bonds. The molecule has 1 aliphatic heterocycles. The van der Waals surface area contributed by atoms with Crippen LogP contribution in [0.15, 0.2) is 42.6 Å². The van der Waals surface area contributed by atoms with Crippen LogP contribution in [0.3, 0.4) is 0 Å². The van der Waals surface area contributed by atoms with E-state index in [0.29, 0.717) is 23.7 Å². The lowest BCUT2D eigenvalue weighted by Gasteiger charge is -2.17. The number of rotatable bonds is 4. The van der Waals surface area contributed by atoms with E-state index in [1.54, 1.807) is 29.2 Å². The zero-order chi connectivity index (χ0) is 18.0. The van der Waals surface area contributed by atoms with E-state index in [4.69, 9.17) is 16.7 Å². The van der Waals surface area contributed by atoms with Crippen molar-refractivity contribution in [1.29, 1.82) is 0 Å². The maximum absolute atomic E-state index is 12.5. The highest BCUT2D eigenvalue weighted by Gasteiger charge is 2.33. The number of aromatic nitrogens is 1. The molecular formula is C17H14ClN3O4. The number of aromatic carboxylic acids is 1. The third-order valence-corrected chi connectivity index (χ3v) is 4.11. The Morgan fingerprint density at radius 3 is 2.72 bits per heavy atom. The van der Waals surface area contributed by atoms with Gasteiger partial charge in [-0.1, -0.05) is 17.7 Å². The Kier molecular flexibility index (Phi) is 4.67. The Morgan fingerprint density at radius 2 is 2.08 bits per heavy atom. The summed E-state index contributed by atoms with van der Waals surface area (Å²) in [4.78, 5) is 40.8. The summed E-state index contributed by atoms with van der Waals surface area (Å²) in [6.45, 7) is 0.473. The molecule has 1 aliphatic rings. The molecule has 0 spiro atoms. The molecule has 1 aromatic carbocycles. The van der Waals surface area contributed by atoms with Crippen LogP contribution >= 0.6 is 11.6 Å². The number of pyridine rings is 1. The van der Waals surface area contributed by atoms with E-state index in [1.807, 2.05) is 0 Å². The van der Waals surface area contributed by atoms with Gasteiger partial charge in [0.15, 0.2) is 0 Å². The number of nitrogens with zero attached hydrogens (tertiary/aromatic N) is 2. The smallest absolute Gasteiger partial charge is 0.354 e. The number of hydrogen-bond donors (Lipinski definition) is 2. The van der Waals surface area contributed by atoms with E-state index >= 15 is 0 Å². The summed E-state index contributed by atoms with van der Waals surface area (Å²) in [5, 5.41) is 12.0. The Labute approximate surface area is 148 Å². The largest absolute Gasteiger partial charge is 0.477 e. The van der Waals surface area contributed by atoms with Crippen molar-refractivity contribution in [1.82, 2.24) is 10.3 Å². The van der Waals surface area contributed by atoms with Crippen LogP contribution in [0, 0.1) is 0 Å². The first-order chi connectivity index (χ1) is 12.0. The van der Waals surface area contributed by atoms with Gasteiger partial charge in [-0.2, -0.15) is 0 Å². The third-order valence-electron chi connectivity index (χ3n) is 3.88. The SMILES string of the molecule is O=C(N[C@H]1CCN(c2cccc(Cl)c2)C1=O)c1ccc(C(=O)O)nc1. The van der Waals surface area contributed by atoms with E-state index < -0.39 is 17.9 Å². The van der Waals surface area contributed by atoms with Crippen molar-refractivity contribution in [3.8, 4) is 0 Å². The minimum Gasteiger partial charge on any atom is -0.477 e. The average Bonchev–Trinajstić information content (AvgIpc) is 2.95. The van der Waals surface area contributed by atoms with Crippen LogP contribution in [0.25, 0.3) is 0 Å². The highest BCUT2D eigenvalue weighted by atomic mass is 35.5. The molecule has 3 rings (SSSR count). The zero-order valence-electron chi connectivity index (χ0n) is 13.0. The van der Waals surface area contributed by atoms with Gasteiger partial charge in [-0.25, -0.2) is 9.78 Å². The van der Waals surface area contributed by atoms with Crippen molar-refractivity contribution >= 4 is 35.1 Å². The average molecular weight is 360 g/mol. The Morgan fingerprint density at radius 1 is 1.28 bits per heavy atom. The first-order valence-electron chi connectivity index (χ1n) is 7.53. The minimum absolute atomic E-state index is 0.152. The summed E-state index contributed by atoms with van der Waals surface area (Å²) in [6.07, 6.45) is 1.64. The van der Waals surface area contributed by atoms with Gasteiger partial charge in [-0.05, 0) is 36.8 Å². The Hall–Kier alpha value is -2.93. The van der Waals surface area contributed by atoms with Crippen molar-refractivity contribution < 1.29 is 19.5 Å². The molecule has 25 heavy (non-hydrogen) atoms. The number of amides is 2. The molecule has 7 nitrogen and oxygen atoms in total. The number of anilines is 1. The maximum Gasteiger partial charge on any atom is 0.354 e. The predicted molar refractivity (Wildman–Crippen MR) is 90.9 cm³/mol. The fourth-order valence-corrected chi connectivity index (χ4v) is 2.80. The van der Waals surface area contributed by atoms with Gasteiger partial charge in [-0.3, -0.25) is 9.59 Å². The van der Waals surface area contributed by atoms with Crippen molar-refractivity contribution in [2.75, 3.05) is 11.4 Å². The lowest BCUT2D eigenvalue weighted by molar-refractivity contribution is -0.118. The summed E-state index contributed by atoms with van der Waals surface area (Å²) in [6, 6.07) is 8.91. The first-order valence-corrected chi connectivity index (χ1v) is 7.90. The molecule has 128 valence electrons. The highest BCUT2D eigenvalue weighted by Crippen LogP contribution is 2.24. The molecule has 2 N–H and O–H groups in total. The molecule has 1 aromatic heterocycles. The molecule has 0 radical (unpaired) electrons. The van der Waals surface area contributed by atoms with Crippen LogP contribution in [0.4, 0.5) is 5.69 Å². The van der Waals surface area contributed by atoms with E-state index in [9.17, 15) is 14.4 Å². The summed E-state index contributed by atoms with van der Waals surface area (Å²) in [5.74, 6) is -1.86. The van der Waals surface area contributed by atoms with Crippen molar-refractivity contribution in [3.63, 3.8) is 0 Å². The second kappa shape index (κ2) is 6.90. The van der Waals surface area contributed by atoms with Crippen LogP contribution in [0.1, 0.15) is 27.3 Å². The Bertz CT molecular complexity index is 838. The molecule has 0 aliphatic carbocycles. The molecule has 1 fully saturated rings. The number of nitrogens with one attached hydrogen (secondary N) is 1. The number of hydrogen-bond acceptors (Lipinski definition) is 4. The van der Waals surface area contributed by atoms with Crippen LogP contribution in [-0.4, -0.2) is 40.5 Å². The highest BCUT2D eigenvalue weighted by molar-refractivity contribution is 6.31. The van der Waals surface area contributed by atoms with E-state index in [-0.39, 0.29) is 17.2 Å². The maximum atomic E-state index is 12.5. The second-order valence-electron chi connectivity index (χ2n) is 5.52. The number of carboxylic acids is 1. The number of carboxylic acid groups (broad SMARTS) is 1. The summed E-state index contributed by atoms with van der Waals surface area (Å²) >= 11 is 5.95. The summed E-state index contributed by atoms with van der Waals surface area (Å²) in [5.41, 5.74) is 0.723. The van der Waals surface area contributed by atoms with Crippen molar-refractivity contribution in [2.24, 2.45) is 0 Å². The van der Waals surface area contributed by atoms with E-state index in [0.717, 1.165) is 0 Å². The Balaban J connectivity index is 1.68. The summed E-state index contributed by atoms with van der Waals surface area (Å²) in [7, 11) is 0. The number of halogens is 1. The molecule has 8 heteroatoms. The first kappa shape index (κ1) is 16.9. The predicted octanol–water partition coefficient (Wildman–Crippen LogP) is 1.97. The molecule has 0 saturated carbocycles. The van der Waals surface area contributed by atoms with Crippen molar-refractivity contribution in [2.45, 2.75) is 12.5 Å². The van der Waals surface area contributed by atoms with Crippen LogP contribution < -0.4 is 10.2 Å². The quantitative estimate of drug-likeness (QED) is 0.869. The number of carbonyl (C=O) groups excluding carboxylic acids is 2. The van der Waals surface area contributed by atoms with Crippen molar-refractivity contribution in [3.05, 3.63) is 58.9 Å². The molecular weight excluding hydrogens is 346 g/mol. The molecule has 1 saturated heterocycles. The number of carbonyl (C=O) groups is 3. The lowest BCUT2D eigenvalue weighted by atomic mass is 10.2. The monoisotopic (exact) mass is 359 g/mol. The van der Waals surface area contributed by atoms with Gasteiger partial charge < -0.3 is 15.3 Å². The lowest BCUT2D eigenvalue weighted by Crippen LogP contribution is -2.41. The van der Waals surface area contributed by atoms with Gasteiger partial charge in [0.25, 0.3) is 5.91 Å². The fourth-order valence-electron chi connectivity index (χ4n) is 2.61. The molecule has 2 heterocycles. The zero-order valence-corrected chi connectivity index (χ0v) is 13.7. The van der Waals surface area contributed by atoms with E-state index in [2.05, 4.69) is 10.3 Å². The van der Waals surface area contributed by atoms with Gasteiger partial charge in [-0.15, -0.1) is 0 Å². The molecule has 2 aromatic rings. The van der Waals surface area contributed by atoms with Crippen LogP contribution in [-0.2, 0) is 4.79 Å².